The van der Waals surface area contributed by atoms with Crippen LogP contribution in [0.1, 0.15) is 32.3 Å². The molecule has 27 heavy (non-hydrogen) atoms. The van der Waals surface area contributed by atoms with Gasteiger partial charge in [0.15, 0.2) is 5.78 Å². The van der Waals surface area contributed by atoms with Crippen LogP contribution in [0.2, 0.25) is 0 Å². The van der Waals surface area contributed by atoms with Crippen LogP contribution >= 0.6 is 0 Å². The van der Waals surface area contributed by atoms with E-state index in [-0.39, 0.29) is 25.2 Å². The van der Waals surface area contributed by atoms with E-state index in [1.165, 1.54) is 7.11 Å². The van der Waals surface area contributed by atoms with Crippen LogP contribution in [0.3, 0.4) is 0 Å². The van der Waals surface area contributed by atoms with Crippen molar-refractivity contribution in [2.45, 2.75) is 45.3 Å². The first kappa shape index (κ1) is 22.7. The van der Waals surface area contributed by atoms with Crippen molar-refractivity contribution in [2.24, 2.45) is 11.8 Å². The molecule has 0 aliphatic heterocycles. The van der Waals surface area contributed by atoms with Gasteiger partial charge in [-0.1, -0.05) is 44.2 Å². The summed E-state index contributed by atoms with van der Waals surface area (Å²) in [5.41, 5.74) is 0.792. The molecule has 8 heteroatoms. The third-order valence-electron chi connectivity index (χ3n) is 3.97. The highest BCUT2D eigenvalue weighted by atomic mass is 19.4. The third-order valence-corrected chi connectivity index (χ3v) is 3.97. The fourth-order valence-corrected chi connectivity index (χ4v) is 2.67. The number of esters is 1. The van der Waals surface area contributed by atoms with E-state index in [0.29, 0.717) is 0 Å². The first-order valence-electron chi connectivity index (χ1n) is 8.56. The molecule has 0 saturated heterocycles. The van der Waals surface area contributed by atoms with E-state index < -0.39 is 35.8 Å². The fraction of sp³-hybridized carbons (Fsp3) is 0.526. The Bertz CT molecular complexity index is 644. The minimum atomic E-state index is -5.08. The minimum absolute atomic E-state index is 0.0416. The number of Topliss-reactive ketones (excluding diaryl/α,β-unsaturated/α-hetero) is 1. The first-order valence-corrected chi connectivity index (χ1v) is 8.56. The number of hydrogen-bond donors (Lipinski definition) is 1. The predicted molar refractivity (Wildman–Crippen MR) is 92.7 cm³/mol. The highest BCUT2D eigenvalue weighted by Crippen LogP contribution is 2.20. The summed E-state index contributed by atoms with van der Waals surface area (Å²) in [4.78, 5) is 35.9. The van der Waals surface area contributed by atoms with Crippen LogP contribution in [-0.2, 0) is 25.5 Å². The molecule has 5 nitrogen and oxygen atoms in total. The lowest BCUT2D eigenvalue weighted by atomic mass is 9.89. The maximum absolute atomic E-state index is 12.6. The number of nitrogens with one attached hydrogen (secondary N) is 1. The zero-order valence-corrected chi connectivity index (χ0v) is 15.5. The molecule has 150 valence electrons. The van der Waals surface area contributed by atoms with Gasteiger partial charge in [-0.05, 0) is 24.3 Å². The summed E-state index contributed by atoms with van der Waals surface area (Å²) >= 11 is 0. The van der Waals surface area contributed by atoms with Gasteiger partial charge in [0.05, 0.1) is 19.1 Å². The summed E-state index contributed by atoms with van der Waals surface area (Å²) < 4.78 is 42.4. The number of amides is 1. The Balaban J connectivity index is 2.92. The second kappa shape index (κ2) is 10.1. The molecule has 0 saturated carbocycles. The van der Waals surface area contributed by atoms with E-state index in [0.717, 1.165) is 5.56 Å². The van der Waals surface area contributed by atoms with Gasteiger partial charge in [0.2, 0.25) is 0 Å². The third kappa shape index (κ3) is 7.80. The molecule has 0 heterocycles. The average molecular weight is 387 g/mol. The minimum Gasteiger partial charge on any atom is -0.469 e. The molecule has 1 aromatic rings. The van der Waals surface area contributed by atoms with Crippen LogP contribution in [0.4, 0.5) is 13.2 Å². The summed E-state index contributed by atoms with van der Waals surface area (Å²) in [5.74, 6) is -4.40. The Hall–Kier alpha value is -2.38. The second-order valence-electron chi connectivity index (χ2n) is 6.73. The molecule has 1 aromatic carbocycles. The molecule has 2 atom stereocenters. The summed E-state index contributed by atoms with van der Waals surface area (Å²) in [6.45, 7) is 3.45. The molecule has 0 aliphatic carbocycles. The van der Waals surface area contributed by atoms with Crippen molar-refractivity contribution >= 4 is 17.7 Å². The van der Waals surface area contributed by atoms with Gasteiger partial charge in [-0.15, -0.1) is 0 Å². The molecule has 0 spiro atoms. The summed E-state index contributed by atoms with van der Waals surface area (Å²) in [5, 5.41) is 1.75. The van der Waals surface area contributed by atoms with E-state index in [9.17, 15) is 27.6 Å². The van der Waals surface area contributed by atoms with E-state index in [1.54, 1.807) is 49.5 Å². The number of hydrogen-bond acceptors (Lipinski definition) is 4. The predicted octanol–water partition coefficient (Wildman–Crippen LogP) is 3.07. The highest BCUT2D eigenvalue weighted by molar-refractivity contribution is 5.92. The number of methoxy groups -OCH3 is 1. The average Bonchev–Trinajstić information content (AvgIpc) is 2.59. The van der Waals surface area contributed by atoms with Crippen molar-refractivity contribution in [3.8, 4) is 0 Å². The fourth-order valence-electron chi connectivity index (χ4n) is 2.67. The molecule has 0 radical (unpaired) electrons. The number of ketones is 1. The van der Waals surface area contributed by atoms with Gasteiger partial charge < -0.3 is 10.1 Å². The topological polar surface area (TPSA) is 72.5 Å². The van der Waals surface area contributed by atoms with Crippen LogP contribution in [0.15, 0.2) is 30.3 Å². The number of carbonyl (C=O) groups is 3. The molecular formula is C19H24F3NO4. The van der Waals surface area contributed by atoms with Gasteiger partial charge in [-0.3, -0.25) is 14.4 Å². The van der Waals surface area contributed by atoms with Crippen LogP contribution in [0, 0.1) is 11.8 Å². The van der Waals surface area contributed by atoms with Crippen LogP contribution in [-0.4, -0.2) is 37.0 Å². The lowest BCUT2D eigenvalue weighted by Gasteiger charge is -2.22. The normalized spacial score (nSPS) is 13.7. The van der Waals surface area contributed by atoms with Crippen molar-refractivity contribution < 1.29 is 32.3 Å². The van der Waals surface area contributed by atoms with Gasteiger partial charge in [-0.25, -0.2) is 0 Å². The van der Waals surface area contributed by atoms with E-state index in [2.05, 4.69) is 0 Å². The number of benzene rings is 1. The number of rotatable bonds is 9. The lowest BCUT2D eigenvalue weighted by Crippen LogP contribution is -2.48. The van der Waals surface area contributed by atoms with Crippen molar-refractivity contribution in [2.75, 3.05) is 7.11 Å². The largest absolute Gasteiger partial charge is 0.471 e. The van der Waals surface area contributed by atoms with E-state index >= 15 is 0 Å². The summed E-state index contributed by atoms with van der Waals surface area (Å²) in [6, 6.07) is 7.58. The Morgan fingerprint density at radius 3 is 2.19 bits per heavy atom. The number of alkyl halides is 3. The number of carbonyl (C=O) groups excluding carboxylic acids is 3. The molecule has 1 amide bonds. The van der Waals surface area contributed by atoms with Crippen LogP contribution in [0.5, 0.6) is 0 Å². The van der Waals surface area contributed by atoms with Crippen LogP contribution < -0.4 is 5.32 Å². The Morgan fingerprint density at radius 2 is 1.70 bits per heavy atom. The lowest BCUT2D eigenvalue weighted by molar-refractivity contribution is -0.174. The zero-order valence-electron chi connectivity index (χ0n) is 15.5. The Kier molecular flexibility index (Phi) is 8.46. The van der Waals surface area contributed by atoms with Crippen molar-refractivity contribution in [3.05, 3.63) is 35.9 Å². The maximum Gasteiger partial charge on any atom is 0.471 e. The molecule has 0 bridgehead atoms. The van der Waals surface area contributed by atoms with Gasteiger partial charge in [-0.2, -0.15) is 13.2 Å². The number of ether oxygens (including phenoxy) is 1. The number of halogens is 3. The van der Waals surface area contributed by atoms with Gasteiger partial charge in [0.25, 0.3) is 0 Å². The Labute approximate surface area is 156 Å². The molecule has 0 fully saturated rings. The van der Waals surface area contributed by atoms with Gasteiger partial charge in [0, 0.05) is 6.42 Å². The summed E-state index contributed by atoms with van der Waals surface area (Å²) in [6.07, 6.45) is -5.15. The van der Waals surface area contributed by atoms with Crippen molar-refractivity contribution in [3.63, 3.8) is 0 Å². The van der Waals surface area contributed by atoms with Crippen molar-refractivity contribution in [1.29, 1.82) is 0 Å². The molecule has 0 aromatic heterocycles. The zero-order chi connectivity index (χ0) is 20.6. The molecule has 1 N–H and O–H groups in total. The van der Waals surface area contributed by atoms with Crippen LogP contribution in [0.25, 0.3) is 0 Å². The Morgan fingerprint density at radius 1 is 1.11 bits per heavy atom. The van der Waals surface area contributed by atoms with Crippen molar-refractivity contribution in [1.82, 2.24) is 5.32 Å². The highest BCUT2D eigenvalue weighted by Gasteiger charge is 2.41. The second-order valence-corrected chi connectivity index (χ2v) is 6.73. The summed E-state index contributed by atoms with van der Waals surface area (Å²) in [7, 11) is 1.18. The maximum atomic E-state index is 12.6. The molecule has 0 aliphatic rings. The monoisotopic (exact) mass is 387 g/mol. The quantitative estimate of drug-likeness (QED) is 0.661. The molecule has 0 unspecified atom stereocenters. The molecular weight excluding hydrogens is 363 g/mol. The van der Waals surface area contributed by atoms with Gasteiger partial charge >= 0.3 is 18.1 Å². The SMILES string of the molecule is COC(=O)[C@@H](CC(=O)[C@H](CC(C)C)NC(=O)C(F)(F)F)Cc1ccccc1. The standard InChI is InChI=1S/C19H24F3NO4/c1-12(2)9-15(23-18(26)19(20,21)22)16(24)11-14(17(25)27-3)10-13-7-5-4-6-8-13/h4-8,12,14-15H,9-11H2,1-3H3,(H,23,26)/t14-,15+/m1/s1. The first-order chi connectivity index (χ1) is 12.5. The molecule has 1 rings (SSSR count). The van der Waals surface area contributed by atoms with E-state index in [1.807, 2.05) is 0 Å². The smallest absolute Gasteiger partial charge is 0.469 e. The van der Waals surface area contributed by atoms with E-state index in [4.69, 9.17) is 4.74 Å². The van der Waals surface area contributed by atoms with Gasteiger partial charge in [0.1, 0.15) is 0 Å².